The molecule has 0 aromatic rings. The Labute approximate surface area is 108 Å². The van der Waals surface area contributed by atoms with Crippen LogP contribution in [-0.2, 0) is 19.6 Å². The van der Waals surface area contributed by atoms with Crippen LogP contribution in [0.2, 0.25) is 0 Å². The first-order valence-electron chi connectivity index (χ1n) is 6.34. The average molecular weight is 276 g/mol. The van der Waals surface area contributed by atoms with E-state index in [1.165, 1.54) is 0 Å². The van der Waals surface area contributed by atoms with E-state index >= 15 is 0 Å². The third-order valence-corrected chi connectivity index (χ3v) is 4.40. The monoisotopic (exact) mass is 276 g/mol. The molecule has 2 aliphatic rings. The fourth-order valence-corrected chi connectivity index (χ4v) is 3.55. The van der Waals surface area contributed by atoms with Gasteiger partial charge in [-0.3, -0.25) is 4.79 Å². The van der Waals surface area contributed by atoms with Crippen molar-refractivity contribution in [1.82, 2.24) is 4.90 Å². The van der Waals surface area contributed by atoms with Gasteiger partial charge in [0, 0.05) is 32.0 Å². The van der Waals surface area contributed by atoms with Crippen LogP contribution in [0.4, 0.5) is 0 Å². The summed E-state index contributed by atoms with van der Waals surface area (Å²) in [5, 5.41) is 5.01. The lowest BCUT2D eigenvalue weighted by Crippen LogP contribution is -2.37. The van der Waals surface area contributed by atoms with Crippen molar-refractivity contribution < 1.29 is 17.9 Å². The number of carbonyl (C=O) groups excluding carboxylic acids is 1. The fourth-order valence-electron chi connectivity index (χ4n) is 2.67. The molecule has 6 nitrogen and oxygen atoms in total. The lowest BCUT2D eigenvalue weighted by atomic mass is 10.1. The number of amides is 1. The summed E-state index contributed by atoms with van der Waals surface area (Å²) in [6.45, 7) is 1.82. The quantitative estimate of drug-likeness (QED) is 0.763. The first-order valence-corrected chi connectivity index (χ1v) is 8.05. The highest BCUT2D eigenvalue weighted by atomic mass is 32.2. The molecule has 0 saturated carbocycles. The van der Waals surface area contributed by atoms with E-state index in [1.807, 2.05) is 0 Å². The highest BCUT2D eigenvalue weighted by Crippen LogP contribution is 2.21. The highest BCUT2D eigenvalue weighted by molar-refractivity contribution is 7.89. The minimum Gasteiger partial charge on any atom is -0.376 e. The van der Waals surface area contributed by atoms with Crippen molar-refractivity contribution in [3.8, 4) is 0 Å². The van der Waals surface area contributed by atoms with E-state index in [9.17, 15) is 13.2 Å². The molecule has 7 heteroatoms. The second-order valence-corrected chi connectivity index (χ2v) is 6.85. The first kappa shape index (κ1) is 13.8. The summed E-state index contributed by atoms with van der Waals surface area (Å²) >= 11 is 0. The number of hydrogen-bond donors (Lipinski definition) is 1. The maximum Gasteiger partial charge on any atom is 0.223 e. The van der Waals surface area contributed by atoms with Gasteiger partial charge in [-0.05, 0) is 19.3 Å². The van der Waals surface area contributed by atoms with E-state index in [0.29, 0.717) is 13.1 Å². The van der Waals surface area contributed by atoms with Crippen LogP contribution in [0.1, 0.15) is 25.7 Å². The molecule has 2 unspecified atom stereocenters. The Morgan fingerprint density at radius 2 is 2.17 bits per heavy atom. The lowest BCUT2D eigenvalue weighted by molar-refractivity contribution is -0.130. The average Bonchev–Trinajstić information content (AvgIpc) is 2.58. The Balaban J connectivity index is 1.85. The number of carbonyl (C=O) groups is 1. The number of primary sulfonamides is 1. The Bertz CT molecular complexity index is 403. The van der Waals surface area contributed by atoms with Gasteiger partial charge in [0.05, 0.1) is 11.9 Å². The molecular formula is C11H20N2O4S. The lowest BCUT2D eigenvalue weighted by Gasteiger charge is -2.27. The molecule has 0 aromatic heterocycles. The van der Waals surface area contributed by atoms with Crippen LogP contribution in [0.3, 0.4) is 0 Å². The van der Waals surface area contributed by atoms with Crippen LogP contribution >= 0.6 is 0 Å². The highest BCUT2D eigenvalue weighted by Gasteiger charge is 2.33. The Morgan fingerprint density at radius 3 is 2.78 bits per heavy atom. The van der Waals surface area contributed by atoms with Gasteiger partial charge in [-0.2, -0.15) is 0 Å². The number of ether oxygens (including phenoxy) is 1. The predicted molar refractivity (Wildman–Crippen MR) is 66.3 cm³/mol. The predicted octanol–water partition coefficient (Wildman–Crippen LogP) is -0.307. The smallest absolute Gasteiger partial charge is 0.223 e. The van der Waals surface area contributed by atoms with Crippen LogP contribution in [-0.4, -0.2) is 50.8 Å². The third kappa shape index (κ3) is 3.93. The summed E-state index contributed by atoms with van der Waals surface area (Å²) in [5.41, 5.74) is 0. The molecule has 2 saturated heterocycles. The fraction of sp³-hybridized carbons (Fsp3) is 0.909. The van der Waals surface area contributed by atoms with Crippen molar-refractivity contribution in [2.75, 3.05) is 25.4 Å². The SMILES string of the molecule is NS(=O)(=O)CC1CC(=O)N(CC2CCCCO2)C1. The zero-order valence-corrected chi connectivity index (χ0v) is 11.2. The Morgan fingerprint density at radius 1 is 1.39 bits per heavy atom. The second-order valence-electron chi connectivity index (χ2n) is 5.19. The zero-order valence-electron chi connectivity index (χ0n) is 10.4. The van der Waals surface area contributed by atoms with Crippen molar-refractivity contribution in [3.63, 3.8) is 0 Å². The minimum atomic E-state index is -3.50. The normalized spacial score (nSPS) is 29.8. The van der Waals surface area contributed by atoms with Crippen molar-refractivity contribution in [2.45, 2.75) is 31.8 Å². The standard InChI is InChI=1S/C11H20N2O4S/c12-18(15,16)8-9-5-11(14)13(6-9)7-10-3-1-2-4-17-10/h9-10H,1-8H2,(H2,12,15,16). The summed E-state index contributed by atoms with van der Waals surface area (Å²) in [4.78, 5) is 13.5. The van der Waals surface area contributed by atoms with Crippen molar-refractivity contribution >= 4 is 15.9 Å². The van der Waals surface area contributed by atoms with E-state index in [2.05, 4.69) is 0 Å². The van der Waals surface area contributed by atoms with Crippen molar-refractivity contribution in [2.24, 2.45) is 11.1 Å². The number of hydrogen-bond acceptors (Lipinski definition) is 4. The summed E-state index contributed by atoms with van der Waals surface area (Å²) in [6.07, 6.45) is 3.58. The van der Waals surface area contributed by atoms with Crippen molar-refractivity contribution in [1.29, 1.82) is 0 Å². The maximum absolute atomic E-state index is 11.8. The van der Waals surface area contributed by atoms with Crippen LogP contribution in [0.5, 0.6) is 0 Å². The van der Waals surface area contributed by atoms with Crippen LogP contribution in [0.25, 0.3) is 0 Å². The summed E-state index contributed by atoms with van der Waals surface area (Å²) < 4.78 is 27.6. The van der Waals surface area contributed by atoms with Gasteiger partial charge >= 0.3 is 0 Å². The molecule has 2 aliphatic heterocycles. The minimum absolute atomic E-state index is 0.0119. The van der Waals surface area contributed by atoms with Gasteiger partial charge in [0.15, 0.2) is 0 Å². The van der Waals surface area contributed by atoms with Crippen LogP contribution in [0, 0.1) is 5.92 Å². The van der Waals surface area contributed by atoms with E-state index in [4.69, 9.17) is 9.88 Å². The molecule has 0 aromatic carbocycles. The Hall–Kier alpha value is -0.660. The molecule has 0 aliphatic carbocycles. The molecule has 18 heavy (non-hydrogen) atoms. The molecule has 2 heterocycles. The van der Waals surface area contributed by atoms with Gasteiger partial charge in [0.2, 0.25) is 15.9 Å². The maximum atomic E-state index is 11.8. The number of rotatable bonds is 4. The van der Waals surface area contributed by atoms with Gasteiger partial charge in [-0.1, -0.05) is 0 Å². The third-order valence-electron chi connectivity index (χ3n) is 3.46. The molecule has 0 bridgehead atoms. The molecule has 2 atom stereocenters. The number of sulfonamides is 1. The van der Waals surface area contributed by atoms with E-state index < -0.39 is 10.0 Å². The molecule has 1 amide bonds. The number of nitrogens with zero attached hydrogens (tertiary/aromatic N) is 1. The van der Waals surface area contributed by atoms with Gasteiger partial charge in [0.1, 0.15) is 0 Å². The molecular weight excluding hydrogens is 256 g/mol. The molecule has 0 radical (unpaired) electrons. The summed E-state index contributed by atoms with van der Waals surface area (Å²) in [5.74, 6) is -0.269. The molecule has 2 rings (SSSR count). The van der Waals surface area contributed by atoms with Gasteiger partial charge < -0.3 is 9.64 Å². The van der Waals surface area contributed by atoms with E-state index in [-0.39, 0.29) is 30.1 Å². The number of likely N-dealkylation sites (tertiary alicyclic amines) is 1. The molecule has 104 valence electrons. The number of nitrogens with two attached hydrogens (primary N) is 1. The van der Waals surface area contributed by atoms with Gasteiger partial charge in [-0.15, -0.1) is 0 Å². The molecule has 2 N–H and O–H groups in total. The first-order chi connectivity index (χ1) is 8.44. The largest absolute Gasteiger partial charge is 0.376 e. The second kappa shape index (κ2) is 5.54. The molecule has 2 fully saturated rings. The van der Waals surface area contributed by atoms with Crippen LogP contribution < -0.4 is 5.14 Å². The Kier molecular flexibility index (Phi) is 4.24. The summed E-state index contributed by atoms with van der Waals surface area (Å²) in [6, 6.07) is 0. The van der Waals surface area contributed by atoms with E-state index in [1.54, 1.807) is 4.90 Å². The van der Waals surface area contributed by atoms with E-state index in [0.717, 1.165) is 25.9 Å². The molecule has 0 spiro atoms. The van der Waals surface area contributed by atoms with Gasteiger partial charge in [-0.25, -0.2) is 13.6 Å². The summed E-state index contributed by atoms with van der Waals surface area (Å²) in [7, 11) is -3.50. The van der Waals surface area contributed by atoms with Gasteiger partial charge in [0.25, 0.3) is 0 Å². The van der Waals surface area contributed by atoms with Crippen molar-refractivity contribution in [3.05, 3.63) is 0 Å². The zero-order chi connectivity index (χ0) is 13.2. The topological polar surface area (TPSA) is 89.7 Å². The van der Waals surface area contributed by atoms with Crippen LogP contribution in [0.15, 0.2) is 0 Å².